The summed E-state index contributed by atoms with van der Waals surface area (Å²) in [4.78, 5) is 19.1. The normalized spacial score (nSPS) is 18.2. The number of ether oxygens (including phenoxy) is 2. The van der Waals surface area contributed by atoms with Crippen LogP contribution in [0.15, 0.2) is 72.9 Å². The minimum Gasteiger partial charge on any atom is -0.508 e. The molecule has 10 nitrogen and oxygen atoms in total. The molecule has 0 amide bonds. The summed E-state index contributed by atoms with van der Waals surface area (Å²) in [6.07, 6.45) is 4.53. The fraction of sp³-hybridized carbons (Fsp3) is 0.317. The third-order valence-corrected chi connectivity index (χ3v) is 10.4. The molecule has 51 heavy (non-hydrogen) atoms. The third-order valence-electron chi connectivity index (χ3n) is 10.4. The molecule has 0 spiro atoms. The van der Waals surface area contributed by atoms with Crippen molar-refractivity contribution < 1.29 is 39.8 Å². The summed E-state index contributed by atoms with van der Waals surface area (Å²) in [5.41, 5.74) is 5.21. The number of benzene rings is 4. The Labute approximate surface area is 296 Å². The smallest absolute Gasteiger partial charge is 0.200 e. The van der Waals surface area contributed by atoms with Crippen molar-refractivity contribution in [2.75, 3.05) is 19.0 Å². The average molecular weight is 691 g/mol. The topological polar surface area (TPSA) is 162 Å². The fourth-order valence-electron chi connectivity index (χ4n) is 7.65. The molecule has 10 heteroatoms. The van der Waals surface area contributed by atoms with Crippen LogP contribution in [0.3, 0.4) is 0 Å². The van der Waals surface area contributed by atoms with Gasteiger partial charge in [-0.05, 0) is 132 Å². The minimum atomic E-state index is -0.974. The number of aliphatic hydroxyl groups excluding tert-OH is 1. The van der Waals surface area contributed by atoms with E-state index in [2.05, 4.69) is 10.3 Å². The molecule has 3 atom stereocenters. The average Bonchev–Trinajstić information content (AvgIpc) is 3.14. The molecule has 0 aliphatic carbocycles. The van der Waals surface area contributed by atoms with Gasteiger partial charge in [-0.2, -0.15) is 0 Å². The van der Waals surface area contributed by atoms with Crippen molar-refractivity contribution in [1.29, 1.82) is 0 Å². The molecule has 0 unspecified atom stereocenters. The first-order valence-electron chi connectivity index (χ1n) is 17.4. The maximum Gasteiger partial charge on any atom is 0.200 e. The van der Waals surface area contributed by atoms with E-state index in [4.69, 9.17) is 9.47 Å². The number of nitrogens with zero attached hydrogens (tertiary/aromatic N) is 1. The Morgan fingerprint density at radius 3 is 2.65 bits per heavy atom. The Balaban J connectivity index is 1.26. The van der Waals surface area contributed by atoms with Gasteiger partial charge in [-0.1, -0.05) is 18.2 Å². The molecule has 2 bridgehead atoms. The lowest BCUT2D eigenvalue weighted by atomic mass is 9.80. The molecule has 6 N–H and O–H groups in total. The zero-order valence-corrected chi connectivity index (χ0v) is 28.4. The second-order valence-corrected chi connectivity index (χ2v) is 13.6. The van der Waals surface area contributed by atoms with Crippen LogP contribution in [0.2, 0.25) is 0 Å². The van der Waals surface area contributed by atoms with Crippen LogP contribution in [-0.4, -0.2) is 56.1 Å². The lowest BCUT2D eigenvalue weighted by molar-refractivity contribution is -0.127. The zero-order valence-electron chi connectivity index (χ0n) is 28.4. The van der Waals surface area contributed by atoms with E-state index in [0.717, 1.165) is 51.6 Å². The number of fused-ring (bicyclic) bond motifs is 6. The van der Waals surface area contributed by atoms with Gasteiger partial charge in [0.15, 0.2) is 23.0 Å². The number of aromatic hydroxyl groups is 4. The number of carbonyl (C=O) groups is 1. The number of Topliss-reactive ketones (excluding diaryl/α,β-unsaturated/α-hetero) is 1. The van der Waals surface area contributed by atoms with Crippen molar-refractivity contribution in [3.05, 3.63) is 101 Å². The second-order valence-electron chi connectivity index (χ2n) is 13.6. The molecule has 1 aromatic heterocycles. The highest BCUT2D eigenvalue weighted by Gasteiger charge is 2.31. The van der Waals surface area contributed by atoms with Gasteiger partial charge in [0.25, 0.3) is 0 Å². The van der Waals surface area contributed by atoms with Gasteiger partial charge in [-0.3, -0.25) is 4.79 Å². The largest absolute Gasteiger partial charge is 0.508 e. The van der Waals surface area contributed by atoms with E-state index in [9.17, 15) is 30.3 Å². The molecule has 7 rings (SSSR count). The number of hydrogen-bond donors (Lipinski definition) is 6. The lowest BCUT2D eigenvalue weighted by Crippen LogP contribution is -2.32. The Kier molecular flexibility index (Phi) is 9.60. The van der Waals surface area contributed by atoms with Gasteiger partial charge in [-0.15, -0.1) is 0 Å². The van der Waals surface area contributed by atoms with Crippen molar-refractivity contribution in [3.8, 4) is 34.5 Å². The van der Waals surface area contributed by atoms with Gasteiger partial charge >= 0.3 is 0 Å². The molecule has 0 radical (unpaired) electrons. The standard InChI is InChI=1S/C41H42N2O8/c1-50-38-22-27(21-37(48)40(38)49)25-4-9-31-29-10-8-28(44)19-26(29)5-11-33(31)43-39-18-23(14-15-42-39)17-32(36(47)20-25)34(45)12-6-24-7-13-35(46)41-30(24)3-2-16-51-41/h5,7-8,10-11,13-15,18-19,21-22,25,32,34,44-46,48-49H,2-4,6,9,12,16-17,20H2,1H3,(H,42,43)/t25-,32+,34-/m1/s1. The van der Waals surface area contributed by atoms with Crippen molar-refractivity contribution in [1.82, 2.24) is 4.98 Å². The number of nitrogens with one attached hydrogen (secondary N) is 1. The molecular weight excluding hydrogens is 648 g/mol. The Morgan fingerprint density at radius 2 is 1.80 bits per heavy atom. The first-order valence-corrected chi connectivity index (χ1v) is 17.4. The van der Waals surface area contributed by atoms with E-state index in [1.54, 1.807) is 30.5 Å². The highest BCUT2D eigenvalue weighted by atomic mass is 16.5. The van der Waals surface area contributed by atoms with Crippen LogP contribution in [0.25, 0.3) is 10.8 Å². The molecule has 5 aromatic rings. The number of ketones is 1. The molecule has 0 fully saturated rings. The van der Waals surface area contributed by atoms with Crippen molar-refractivity contribution in [3.63, 3.8) is 0 Å². The highest BCUT2D eigenvalue weighted by molar-refractivity contribution is 5.92. The predicted octanol–water partition coefficient (Wildman–Crippen LogP) is 6.98. The predicted molar refractivity (Wildman–Crippen MR) is 194 cm³/mol. The summed E-state index contributed by atoms with van der Waals surface area (Å²) in [6, 6.07) is 19.5. The van der Waals surface area contributed by atoms with Crippen LogP contribution < -0.4 is 14.8 Å². The molecule has 0 saturated heterocycles. The molecule has 264 valence electrons. The zero-order chi connectivity index (χ0) is 35.6. The molecule has 2 aliphatic heterocycles. The number of phenols is 4. The van der Waals surface area contributed by atoms with Gasteiger partial charge in [0.05, 0.1) is 19.8 Å². The number of carbonyl (C=O) groups excluding carboxylic acids is 1. The van der Waals surface area contributed by atoms with Gasteiger partial charge in [-0.25, -0.2) is 4.98 Å². The molecule has 0 saturated carbocycles. The van der Waals surface area contributed by atoms with Crippen molar-refractivity contribution >= 4 is 28.1 Å². The first kappa shape index (κ1) is 34.0. The Morgan fingerprint density at radius 1 is 0.941 bits per heavy atom. The SMILES string of the molecule is COc1cc([C@@H]2CCc3c(ccc4cc(O)ccc34)Nc3cc(ccn3)C[C@@H]([C@H](O)CCc3ccc(O)c4c3CCCO4)C(=O)C2)cc(O)c1O. The summed E-state index contributed by atoms with van der Waals surface area (Å²) in [7, 11) is 1.41. The quantitative estimate of drug-likeness (QED) is 0.103. The van der Waals surface area contributed by atoms with Crippen LogP contribution in [0.5, 0.6) is 34.5 Å². The Hall–Kier alpha value is -5.48. The molecule has 4 aromatic carbocycles. The number of methoxy groups -OCH3 is 1. The second kappa shape index (κ2) is 14.4. The fourth-order valence-corrected chi connectivity index (χ4v) is 7.65. The summed E-state index contributed by atoms with van der Waals surface area (Å²) < 4.78 is 11.1. The van der Waals surface area contributed by atoms with Gasteiger partial charge < -0.3 is 40.3 Å². The van der Waals surface area contributed by atoms with Gasteiger partial charge in [0.2, 0.25) is 5.75 Å². The highest BCUT2D eigenvalue weighted by Crippen LogP contribution is 2.42. The number of aryl methyl sites for hydroxylation is 2. The summed E-state index contributed by atoms with van der Waals surface area (Å²) in [5.74, 6) is -0.515. The maximum absolute atomic E-state index is 14.5. The van der Waals surface area contributed by atoms with E-state index in [1.165, 1.54) is 13.2 Å². The monoisotopic (exact) mass is 690 g/mol. The summed E-state index contributed by atoms with van der Waals surface area (Å²) in [5, 5.41) is 58.8. The van der Waals surface area contributed by atoms with Gasteiger partial charge in [0, 0.05) is 29.8 Å². The van der Waals surface area contributed by atoms with Crippen molar-refractivity contribution in [2.45, 2.75) is 63.4 Å². The van der Waals surface area contributed by atoms with E-state index >= 15 is 0 Å². The van der Waals surface area contributed by atoms with E-state index in [0.29, 0.717) is 49.4 Å². The molecular formula is C41H42N2O8. The van der Waals surface area contributed by atoms with Crippen LogP contribution in [0.4, 0.5) is 11.5 Å². The third kappa shape index (κ3) is 7.09. The summed E-state index contributed by atoms with van der Waals surface area (Å²) in [6.45, 7) is 0.544. The van der Waals surface area contributed by atoms with E-state index in [-0.39, 0.29) is 47.4 Å². The maximum atomic E-state index is 14.5. The van der Waals surface area contributed by atoms with E-state index < -0.39 is 17.9 Å². The Bertz CT molecular complexity index is 2100. The molecule has 2 aliphatic rings. The number of aliphatic hydroxyl groups is 1. The number of rotatable bonds is 6. The lowest BCUT2D eigenvalue weighted by Gasteiger charge is -2.26. The minimum absolute atomic E-state index is 0.0732. The summed E-state index contributed by atoms with van der Waals surface area (Å²) >= 11 is 0. The van der Waals surface area contributed by atoms with Crippen LogP contribution in [0.1, 0.15) is 59.4 Å². The number of aromatic nitrogens is 1. The van der Waals surface area contributed by atoms with Crippen LogP contribution in [-0.2, 0) is 30.5 Å². The van der Waals surface area contributed by atoms with Crippen LogP contribution in [0, 0.1) is 5.92 Å². The number of anilines is 2. The number of phenolic OH excluding ortho intramolecular Hbond substituents is 4. The van der Waals surface area contributed by atoms with Crippen LogP contribution >= 0.6 is 0 Å². The molecule has 3 heterocycles. The number of pyridine rings is 1. The first-order chi connectivity index (χ1) is 24.7. The number of hydrogen-bond acceptors (Lipinski definition) is 10. The van der Waals surface area contributed by atoms with Crippen molar-refractivity contribution in [2.24, 2.45) is 5.92 Å². The van der Waals surface area contributed by atoms with E-state index in [1.807, 2.05) is 36.4 Å². The van der Waals surface area contributed by atoms with Gasteiger partial charge in [0.1, 0.15) is 17.4 Å².